The van der Waals surface area contributed by atoms with E-state index in [4.69, 9.17) is 0 Å². The average Bonchev–Trinajstić information content (AvgIpc) is 2.46. The van der Waals surface area contributed by atoms with Crippen molar-refractivity contribution in [3.63, 3.8) is 0 Å². The Hall–Kier alpha value is -1.57. The number of hydrogen-bond donors (Lipinski definition) is 0. The largest absolute Gasteiger partial charge is 0.383 e. The highest BCUT2D eigenvalue weighted by molar-refractivity contribution is 6.10. The number of benzene rings is 1. The monoisotopic (exact) mass is 311 g/mol. The molecule has 0 spiro atoms. The van der Waals surface area contributed by atoms with E-state index in [0.29, 0.717) is 0 Å². The van der Waals surface area contributed by atoms with Gasteiger partial charge in [0, 0.05) is 31.4 Å². The summed E-state index contributed by atoms with van der Waals surface area (Å²) in [6, 6.07) is 4.56. The number of Topliss-reactive ketones (excluding diaryl/α,β-unsaturated/α-hetero) is 1. The third-order valence-corrected chi connectivity index (χ3v) is 5.69. The lowest BCUT2D eigenvalue weighted by atomic mass is 9.62. The van der Waals surface area contributed by atoms with Crippen molar-refractivity contribution >= 4 is 5.78 Å². The minimum Gasteiger partial charge on any atom is -0.383 e. The van der Waals surface area contributed by atoms with E-state index in [1.165, 1.54) is 29.5 Å². The van der Waals surface area contributed by atoms with Crippen molar-refractivity contribution in [3.8, 4) is 0 Å². The van der Waals surface area contributed by atoms with Crippen LogP contribution in [0.1, 0.15) is 74.0 Å². The topological polar surface area (TPSA) is 20.3 Å². The summed E-state index contributed by atoms with van der Waals surface area (Å²) in [6.45, 7) is 9.32. The number of rotatable bonds is 1. The number of hydrogen-bond acceptors (Lipinski definition) is 2. The van der Waals surface area contributed by atoms with Gasteiger partial charge < -0.3 is 4.90 Å². The molecule has 0 atom stereocenters. The maximum Gasteiger partial charge on any atom is 0.190 e. The fourth-order valence-electron chi connectivity index (χ4n) is 4.07. The average molecular weight is 311 g/mol. The van der Waals surface area contributed by atoms with Gasteiger partial charge >= 0.3 is 0 Å². The molecule has 1 aromatic carbocycles. The number of allylic oxidation sites excluding steroid dienone is 1. The van der Waals surface area contributed by atoms with Gasteiger partial charge in [-0.2, -0.15) is 0 Å². The molecule has 2 aliphatic carbocycles. The Bertz CT molecular complexity index is 692. The zero-order valence-corrected chi connectivity index (χ0v) is 15.4. The lowest BCUT2D eigenvalue weighted by Crippen LogP contribution is -2.35. The molecule has 1 aromatic rings. The Morgan fingerprint density at radius 1 is 0.957 bits per heavy atom. The van der Waals surface area contributed by atoms with E-state index in [0.717, 1.165) is 24.0 Å². The van der Waals surface area contributed by atoms with Crippen LogP contribution in [0.3, 0.4) is 0 Å². The van der Waals surface area contributed by atoms with Crippen molar-refractivity contribution in [1.82, 2.24) is 4.90 Å². The van der Waals surface area contributed by atoms with Crippen LogP contribution >= 0.6 is 0 Å². The Morgan fingerprint density at radius 3 is 2.09 bits per heavy atom. The highest BCUT2D eigenvalue weighted by Gasteiger charge is 2.38. The lowest BCUT2D eigenvalue weighted by molar-refractivity contribution is 0.102. The number of carbonyl (C=O) groups excluding carboxylic acids is 1. The third kappa shape index (κ3) is 2.73. The molecule has 0 N–H and O–H groups in total. The number of aryl methyl sites for hydroxylation is 1. The number of fused-ring (bicyclic) bond motifs is 2. The number of ketones is 1. The predicted molar refractivity (Wildman–Crippen MR) is 96.1 cm³/mol. The van der Waals surface area contributed by atoms with Crippen LogP contribution in [0.15, 0.2) is 23.9 Å². The van der Waals surface area contributed by atoms with Gasteiger partial charge in [0.2, 0.25) is 0 Å². The molecule has 124 valence electrons. The molecule has 23 heavy (non-hydrogen) atoms. The molecule has 3 rings (SSSR count). The van der Waals surface area contributed by atoms with E-state index in [1.54, 1.807) is 0 Å². The number of carbonyl (C=O) groups is 1. The van der Waals surface area contributed by atoms with Gasteiger partial charge in [-0.05, 0) is 59.3 Å². The molecular weight excluding hydrogens is 282 g/mol. The molecular formula is C21H29NO. The molecule has 0 aromatic heterocycles. The summed E-state index contributed by atoms with van der Waals surface area (Å²) in [5.41, 5.74) is 6.33. The first-order valence-corrected chi connectivity index (χ1v) is 8.71. The summed E-state index contributed by atoms with van der Waals surface area (Å²) in [7, 11) is 3.96. The van der Waals surface area contributed by atoms with Gasteiger partial charge in [-0.1, -0.05) is 33.8 Å². The van der Waals surface area contributed by atoms with E-state index in [2.05, 4.69) is 39.8 Å². The fraction of sp³-hybridized carbons (Fsp3) is 0.571. The zero-order valence-electron chi connectivity index (χ0n) is 15.4. The molecule has 2 aliphatic rings. The van der Waals surface area contributed by atoms with Crippen LogP contribution in [0.2, 0.25) is 0 Å². The summed E-state index contributed by atoms with van der Waals surface area (Å²) in [5.74, 6) is 0.224. The van der Waals surface area contributed by atoms with Crippen LogP contribution in [-0.2, 0) is 17.3 Å². The highest BCUT2D eigenvalue weighted by atomic mass is 16.1. The van der Waals surface area contributed by atoms with Gasteiger partial charge in [0.15, 0.2) is 5.78 Å². The first kappa shape index (κ1) is 16.3. The number of nitrogens with zero attached hydrogens (tertiary/aromatic N) is 1. The van der Waals surface area contributed by atoms with Crippen LogP contribution in [0.5, 0.6) is 0 Å². The molecule has 0 saturated carbocycles. The molecule has 2 heteroatoms. The van der Waals surface area contributed by atoms with Crippen LogP contribution in [0.25, 0.3) is 0 Å². The minimum absolute atomic E-state index is 0.156. The summed E-state index contributed by atoms with van der Waals surface area (Å²) in [5, 5.41) is 0. The smallest absolute Gasteiger partial charge is 0.190 e. The lowest BCUT2D eigenvalue weighted by Gasteiger charge is -2.42. The minimum atomic E-state index is 0.156. The van der Waals surface area contributed by atoms with Crippen molar-refractivity contribution in [1.29, 1.82) is 0 Å². The first-order valence-electron chi connectivity index (χ1n) is 8.71. The quantitative estimate of drug-likeness (QED) is 0.706. The standard InChI is InChI=1S/C21H29NO/c1-20(2)9-10-21(3,4)18-12-16-14(11-17(18)20)7-8-15(19(16)23)13-22(5)6/h11-13H,7-10H2,1-6H3/b15-13+. The van der Waals surface area contributed by atoms with Gasteiger partial charge in [-0.3, -0.25) is 4.79 Å². The maximum absolute atomic E-state index is 12.9. The van der Waals surface area contributed by atoms with E-state index in [1.807, 2.05) is 25.2 Å². The second kappa shape index (κ2) is 5.22. The van der Waals surface area contributed by atoms with Crippen LogP contribution in [-0.4, -0.2) is 24.8 Å². The fourth-order valence-corrected chi connectivity index (χ4v) is 4.07. The van der Waals surface area contributed by atoms with Gasteiger partial charge in [0.05, 0.1) is 0 Å². The van der Waals surface area contributed by atoms with Crippen LogP contribution in [0, 0.1) is 0 Å². The van der Waals surface area contributed by atoms with Crippen molar-refractivity contribution in [2.45, 2.75) is 64.2 Å². The second-order valence-corrected chi connectivity index (χ2v) is 8.77. The second-order valence-electron chi connectivity index (χ2n) is 8.77. The molecule has 0 amide bonds. The first-order chi connectivity index (χ1) is 10.6. The normalized spacial score (nSPS) is 23.4. The van der Waals surface area contributed by atoms with Crippen LogP contribution in [0.4, 0.5) is 0 Å². The zero-order chi connectivity index (χ0) is 17.0. The van der Waals surface area contributed by atoms with E-state index in [-0.39, 0.29) is 16.6 Å². The SMILES string of the molecule is CN(C)/C=C1\CCc2cc3c(cc2C1=O)C(C)(C)CCC3(C)C. The Labute approximate surface area is 140 Å². The van der Waals surface area contributed by atoms with Crippen LogP contribution < -0.4 is 0 Å². The Kier molecular flexibility index (Phi) is 3.70. The predicted octanol–water partition coefficient (Wildman–Crippen LogP) is 4.61. The van der Waals surface area contributed by atoms with Crippen molar-refractivity contribution in [2.75, 3.05) is 14.1 Å². The molecule has 2 nitrogen and oxygen atoms in total. The van der Waals surface area contributed by atoms with Crippen molar-refractivity contribution in [2.24, 2.45) is 0 Å². The molecule has 0 aliphatic heterocycles. The van der Waals surface area contributed by atoms with Crippen molar-refractivity contribution < 1.29 is 4.79 Å². The van der Waals surface area contributed by atoms with Gasteiger partial charge in [-0.25, -0.2) is 0 Å². The molecule has 0 heterocycles. The van der Waals surface area contributed by atoms with E-state index in [9.17, 15) is 4.79 Å². The van der Waals surface area contributed by atoms with Gasteiger partial charge in [0.1, 0.15) is 0 Å². The Morgan fingerprint density at radius 2 is 1.52 bits per heavy atom. The molecule has 0 unspecified atom stereocenters. The summed E-state index contributed by atoms with van der Waals surface area (Å²) >= 11 is 0. The molecule has 0 fully saturated rings. The van der Waals surface area contributed by atoms with E-state index < -0.39 is 0 Å². The summed E-state index contributed by atoms with van der Waals surface area (Å²) in [6.07, 6.45) is 6.21. The van der Waals surface area contributed by atoms with Crippen molar-refractivity contribution in [3.05, 3.63) is 46.2 Å². The molecule has 0 bridgehead atoms. The van der Waals surface area contributed by atoms with Gasteiger partial charge in [-0.15, -0.1) is 0 Å². The molecule has 0 radical (unpaired) electrons. The highest BCUT2D eigenvalue weighted by Crippen LogP contribution is 2.47. The summed E-state index contributed by atoms with van der Waals surface area (Å²) in [4.78, 5) is 14.9. The third-order valence-electron chi connectivity index (χ3n) is 5.69. The maximum atomic E-state index is 12.9. The molecule has 0 saturated heterocycles. The van der Waals surface area contributed by atoms with Gasteiger partial charge in [0.25, 0.3) is 0 Å². The Balaban J connectivity index is 2.16. The van der Waals surface area contributed by atoms with E-state index >= 15 is 0 Å². The summed E-state index contributed by atoms with van der Waals surface area (Å²) < 4.78 is 0.